The molecule has 0 spiro atoms. The van der Waals surface area contributed by atoms with Crippen molar-refractivity contribution in [3.8, 4) is 6.07 Å². The third kappa shape index (κ3) is 5.53. The lowest BCUT2D eigenvalue weighted by Gasteiger charge is -2.49. The van der Waals surface area contributed by atoms with Gasteiger partial charge in [-0.25, -0.2) is 0 Å². The highest BCUT2D eigenvalue weighted by atomic mass is 16.5. The van der Waals surface area contributed by atoms with Crippen LogP contribution in [-0.4, -0.2) is 75.6 Å². The van der Waals surface area contributed by atoms with Gasteiger partial charge in [0.1, 0.15) is 12.1 Å². The molecule has 2 saturated heterocycles. The van der Waals surface area contributed by atoms with E-state index in [-0.39, 0.29) is 18.1 Å². The van der Waals surface area contributed by atoms with Gasteiger partial charge in [-0.15, -0.1) is 0 Å². The lowest BCUT2D eigenvalue weighted by Crippen LogP contribution is -2.58. The van der Waals surface area contributed by atoms with E-state index in [9.17, 15) is 10.1 Å². The number of ether oxygens (including phenoxy) is 1. The van der Waals surface area contributed by atoms with Crippen LogP contribution >= 0.6 is 0 Å². The fraction of sp³-hybridized carbons (Fsp3) is 0.581. The van der Waals surface area contributed by atoms with Crippen LogP contribution in [0.15, 0.2) is 41.3 Å². The summed E-state index contributed by atoms with van der Waals surface area (Å²) in [6.07, 6.45) is 5.26. The number of aromatic nitrogens is 3. The van der Waals surface area contributed by atoms with Gasteiger partial charge in [0.25, 0.3) is 5.56 Å². The molecular weight excluding hydrogens is 502 g/mol. The molecule has 1 aromatic carbocycles. The molecule has 0 N–H and O–H groups in total. The summed E-state index contributed by atoms with van der Waals surface area (Å²) in [4.78, 5) is 20.5. The minimum absolute atomic E-state index is 0.0514. The molecule has 0 aliphatic carbocycles. The number of piperazine rings is 1. The fourth-order valence-corrected chi connectivity index (χ4v) is 6.55. The smallest absolute Gasteiger partial charge is 0.252 e. The number of anilines is 1. The summed E-state index contributed by atoms with van der Waals surface area (Å²) in [5.41, 5.74) is 5.08. The number of hydrogen-bond donors (Lipinski definition) is 0. The molecular formula is C31H43N7O2. The largest absolute Gasteiger partial charge is 0.380 e. The molecule has 9 nitrogen and oxygen atoms in total. The number of fused-ring (bicyclic) bond motifs is 1. The van der Waals surface area contributed by atoms with Gasteiger partial charge in [0, 0.05) is 71.1 Å². The maximum atomic E-state index is 12.9. The predicted molar refractivity (Wildman–Crippen MR) is 158 cm³/mol. The molecule has 2 aliphatic heterocycles. The van der Waals surface area contributed by atoms with E-state index in [4.69, 9.17) is 9.84 Å². The SMILES string of the molecule is CC[C@H]1CN([C@@H](C)c2ccc(CN3CCC(OC)C3)cc2)[C@H](CC)CN1c1cc(=O)n(C)c2cn(CC#N)nc12. The molecule has 9 heteroatoms. The molecule has 4 heterocycles. The van der Waals surface area contributed by atoms with Crippen LogP contribution in [0.3, 0.4) is 0 Å². The highest BCUT2D eigenvalue weighted by Crippen LogP contribution is 2.34. The van der Waals surface area contributed by atoms with Gasteiger partial charge in [0.15, 0.2) is 0 Å². The second-order valence-corrected chi connectivity index (χ2v) is 11.4. The Balaban J connectivity index is 1.36. The van der Waals surface area contributed by atoms with E-state index >= 15 is 0 Å². The van der Waals surface area contributed by atoms with Gasteiger partial charge in [-0.05, 0) is 37.3 Å². The molecule has 40 heavy (non-hydrogen) atoms. The van der Waals surface area contributed by atoms with E-state index in [2.05, 4.69) is 65.8 Å². The van der Waals surface area contributed by atoms with Gasteiger partial charge in [0.2, 0.25) is 0 Å². The van der Waals surface area contributed by atoms with Gasteiger partial charge < -0.3 is 14.2 Å². The topological polar surface area (TPSA) is 82.6 Å². The van der Waals surface area contributed by atoms with Crippen molar-refractivity contribution < 1.29 is 4.74 Å². The van der Waals surface area contributed by atoms with Crippen LogP contribution in [0.4, 0.5) is 5.69 Å². The van der Waals surface area contributed by atoms with E-state index in [1.807, 2.05) is 13.3 Å². The van der Waals surface area contributed by atoms with Gasteiger partial charge in [-0.3, -0.25) is 19.3 Å². The molecule has 2 aliphatic rings. The molecule has 0 saturated carbocycles. The van der Waals surface area contributed by atoms with Crippen molar-refractivity contribution in [2.75, 3.05) is 38.2 Å². The van der Waals surface area contributed by atoms with Crippen molar-refractivity contribution in [2.24, 2.45) is 7.05 Å². The average Bonchev–Trinajstić information content (AvgIpc) is 3.61. The Morgan fingerprint density at radius 3 is 2.52 bits per heavy atom. The summed E-state index contributed by atoms with van der Waals surface area (Å²) in [6.45, 7) is 11.8. The van der Waals surface area contributed by atoms with Crippen LogP contribution in [0.25, 0.3) is 11.0 Å². The number of nitriles is 1. The average molecular weight is 546 g/mol. The molecule has 0 radical (unpaired) electrons. The van der Waals surface area contributed by atoms with Crippen LogP contribution in [0.1, 0.15) is 57.2 Å². The van der Waals surface area contributed by atoms with Crippen LogP contribution in [-0.2, 0) is 24.9 Å². The number of pyridine rings is 1. The summed E-state index contributed by atoms with van der Waals surface area (Å²) < 4.78 is 8.79. The van der Waals surface area contributed by atoms with E-state index in [0.29, 0.717) is 18.2 Å². The summed E-state index contributed by atoms with van der Waals surface area (Å²) in [6, 6.07) is 14.0. The molecule has 2 fully saturated rings. The van der Waals surface area contributed by atoms with E-state index in [1.54, 1.807) is 22.4 Å². The molecule has 1 unspecified atom stereocenters. The van der Waals surface area contributed by atoms with E-state index in [0.717, 1.165) is 68.7 Å². The number of likely N-dealkylation sites (tertiary alicyclic amines) is 1. The molecule has 4 atom stereocenters. The Hall–Kier alpha value is -3.19. The normalized spacial score (nSPS) is 23.1. The maximum Gasteiger partial charge on any atom is 0.252 e. The van der Waals surface area contributed by atoms with Crippen molar-refractivity contribution in [2.45, 2.75) is 77.4 Å². The fourth-order valence-electron chi connectivity index (χ4n) is 6.55. The number of benzene rings is 1. The Morgan fingerprint density at radius 1 is 1.12 bits per heavy atom. The number of aryl methyl sites for hydroxylation is 1. The quantitative estimate of drug-likeness (QED) is 0.403. The zero-order valence-corrected chi connectivity index (χ0v) is 24.6. The summed E-state index contributed by atoms with van der Waals surface area (Å²) in [5, 5.41) is 13.9. The Kier molecular flexibility index (Phi) is 8.60. The first-order chi connectivity index (χ1) is 19.4. The number of rotatable bonds is 9. The predicted octanol–water partition coefficient (Wildman–Crippen LogP) is 3.92. The number of methoxy groups -OCH3 is 1. The van der Waals surface area contributed by atoms with Crippen molar-refractivity contribution in [1.29, 1.82) is 5.26 Å². The van der Waals surface area contributed by atoms with Crippen LogP contribution < -0.4 is 10.5 Å². The van der Waals surface area contributed by atoms with Crippen LogP contribution in [0.5, 0.6) is 0 Å². The molecule has 5 rings (SSSR count). The van der Waals surface area contributed by atoms with E-state index in [1.165, 1.54) is 11.1 Å². The second-order valence-electron chi connectivity index (χ2n) is 11.4. The lowest BCUT2D eigenvalue weighted by molar-refractivity contribution is 0.101. The maximum absolute atomic E-state index is 12.9. The van der Waals surface area contributed by atoms with Crippen LogP contribution in [0.2, 0.25) is 0 Å². The third-order valence-electron chi connectivity index (χ3n) is 9.09. The monoisotopic (exact) mass is 545 g/mol. The molecule has 0 amide bonds. The minimum atomic E-state index is -0.0514. The first-order valence-corrected chi connectivity index (χ1v) is 14.7. The summed E-state index contributed by atoms with van der Waals surface area (Å²) >= 11 is 0. The molecule has 2 aromatic heterocycles. The van der Waals surface area contributed by atoms with Crippen molar-refractivity contribution >= 4 is 16.7 Å². The van der Waals surface area contributed by atoms with Crippen LogP contribution in [0, 0.1) is 11.3 Å². The van der Waals surface area contributed by atoms with Crippen molar-refractivity contribution in [3.63, 3.8) is 0 Å². The van der Waals surface area contributed by atoms with Crippen molar-refractivity contribution in [1.82, 2.24) is 24.1 Å². The second kappa shape index (κ2) is 12.1. The van der Waals surface area contributed by atoms with Gasteiger partial charge >= 0.3 is 0 Å². The summed E-state index contributed by atoms with van der Waals surface area (Å²) in [7, 11) is 3.58. The van der Waals surface area contributed by atoms with E-state index < -0.39 is 0 Å². The zero-order chi connectivity index (χ0) is 28.4. The highest BCUT2D eigenvalue weighted by molar-refractivity contribution is 5.88. The van der Waals surface area contributed by atoms with Gasteiger partial charge in [0.05, 0.1) is 29.6 Å². The standard InChI is InChI=1S/C31H43N7O2/c1-6-25-19-38(28-16-30(39)34(4)29-21-36(15-13-32)33-31(28)29)26(7-2)18-37(25)22(3)24-10-8-23(9-11-24)17-35-14-12-27(20-35)40-5/h8-11,16,21-22,25-27H,6-7,12,14-15,17-20H2,1-5H3/t22-,25+,26-,27?/m0/s1. The highest BCUT2D eigenvalue weighted by Gasteiger charge is 2.36. The van der Waals surface area contributed by atoms with Gasteiger partial charge in [-0.1, -0.05) is 38.1 Å². The molecule has 3 aromatic rings. The zero-order valence-electron chi connectivity index (χ0n) is 24.6. The Bertz CT molecular complexity index is 1410. The molecule has 0 bridgehead atoms. The van der Waals surface area contributed by atoms with Gasteiger partial charge in [-0.2, -0.15) is 10.4 Å². The third-order valence-corrected chi connectivity index (χ3v) is 9.09. The Labute approximate surface area is 237 Å². The number of hydrogen-bond acceptors (Lipinski definition) is 7. The first kappa shape index (κ1) is 28.3. The molecule has 214 valence electrons. The number of nitrogens with zero attached hydrogens (tertiary/aromatic N) is 7. The van der Waals surface area contributed by atoms with Crippen molar-refractivity contribution in [3.05, 3.63) is 58.0 Å². The summed E-state index contributed by atoms with van der Waals surface area (Å²) in [5.74, 6) is 0. The minimum Gasteiger partial charge on any atom is -0.380 e. The first-order valence-electron chi connectivity index (χ1n) is 14.7. The lowest BCUT2D eigenvalue weighted by atomic mass is 9.96. The Morgan fingerprint density at radius 2 is 1.88 bits per heavy atom.